The predicted octanol–water partition coefficient (Wildman–Crippen LogP) is 2.10. The van der Waals surface area contributed by atoms with Gasteiger partial charge < -0.3 is 10.0 Å². The van der Waals surface area contributed by atoms with Gasteiger partial charge in [-0.2, -0.15) is 0 Å². The molecule has 0 radical (unpaired) electrons. The average Bonchev–Trinajstić information content (AvgIpc) is 2.64. The van der Waals surface area contributed by atoms with Crippen molar-refractivity contribution >= 4 is 21.8 Å². The molecule has 1 aromatic rings. The van der Waals surface area contributed by atoms with Gasteiger partial charge in [-0.05, 0) is 30.2 Å². The lowest BCUT2D eigenvalue weighted by Gasteiger charge is -2.18. The van der Waals surface area contributed by atoms with Crippen molar-refractivity contribution in [2.75, 3.05) is 13.2 Å². The van der Waals surface area contributed by atoms with Crippen LogP contribution < -0.4 is 0 Å². The van der Waals surface area contributed by atoms with Crippen LogP contribution in [0.25, 0.3) is 0 Å². The number of amides is 1. The number of benzene rings is 1. The molecule has 1 fully saturated rings. The molecular formula is C13H16BrNO2. The van der Waals surface area contributed by atoms with Crippen LogP contribution in [0.2, 0.25) is 0 Å². The first kappa shape index (κ1) is 12.6. The Morgan fingerprint density at radius 1 is 1.53 bits per heavy atom. The highest BCUT2D eigenvalue weighted by molar-refractivity contribution is 9.10. The molecule has 3 nitrogen and oxygen atoms in total. The molecule has 17 heavy (non-hydrogen) atoms. The highest BCUT2D eigenvalue weighted by Gasteiger charge is 2.28. The summed E-state index contributed by atoms with van der Waals surface area (Å²) in [5.41, 5.74) is 2.35. The Balaban J connectivity index is 2.08. The Bertz CT molecular complexity index is 433. The van der Waals surface area contributed by atoms with Crippen LogP contribution in [-0.4, -0.2) is 29.1 Å². The number of likely N-dealkylation sites (tertiary alicyclic amines) is 1. The minimum atomic E-state index is 0.0988. The zero-order valence-corrected chi connectivity index (χ0v) is 11.4. The number of carbonyl (C=O) groups excluding carboxylic acids is 1. The molecule has 1 amide bonds. The van der Waals surface area contributed by atoms with Crippen molar-refractivity contribution in [3.63, 3.8) is 0 Å². The smallest absolute Gasteiger partial charge is 0.223 e. The summed E-state index contributed by atoms with van der Waals surface area (Å²) < 4.78 is 1.06. The van der Waals surface area contributed by atoms with Crippen molar-refractivity contribution in [1.29, 1.82) is 0 Å². The third-order valence-corrected chi connectivity index (χ3v) is 3.71. The summed E-state index contributed by atoms with van der Waals surface area (Å²) in [6.07, 6.45) is 0.478. The van der Waals surface area contributed by atoms with Gasteiger partial charge in [0.2, 0.25) is 5.91 Å². The standard InChI is InChI=1S/C13H16BrNO2/c1-9-4-12(14)3-2-11(9)7-15-6-10(8-16)5-13(15)17/h2-4,10,16H,5-8H2,1H3. The van der Waals surface area contributed by atoms with Gasteiger partial charge in [0, 0.05) is 36.5 Å². The first-order chi connectivity index (χ1) is 8.10. The molecule has 0 aliphatic carbocycles. The van der Waals surface area contributed by atoms with E-state index in [4.69, 9.17) is 5.11 Å². The lowest BCUT2D eigenvalue weighted by atomic mass is 10.1. The van der Waals surface area contributed by atoms with E-state index in [-0.39, 0.29) is 18.4 Å². The SMILES string of the molecule is Cc1cc(Br)ccc1CN1CC(CO)CC1=O. The number of rotatable bonds is 3. The van der Waals surface area contributed by atoms with Crippen LogP contribution >= 0.6 is 15.9 Å². The number of aliphatic hydroxyl groups is 1. The summed E-state index contributed by atoms with van der Waals surface area (Å²) in [6, 6.07) is 6.09. The highest BCUT2D eigenvalue weighted by atomic mass is 79.9. The molecule has 1 saturated heterocycles. The zero-order valence-electron chi connectivity index (χ0n) is 9.82. The van der Waals surface area contributed by atoms with Crippen LogP contribution in [0.15, 0.2) is 22.7 Å². The molecule has 1 aromatic carbocycles. The first-order valence-electron chi connectivity index (χ1n) is 5.74. The van der Waals surface area contributed by atoms with Gasteiger partial charge in [0.25, 0.3) is 0 Å². The zero-order chi connectivity index (χ0) is 12.4. The summed E-state index contributed by atoms with van der Waals surface area (Å²) in [6.45, 7) is 3.46. The third-order valence-electron chi connectivity index (χ3n) is 3.22. The van der Waals surface area contributed by atoms with Crippen molar-refractivity contribution in [3.05, 3.63) is 33.8 Å². The first-order valence-corrected chi connectivity index (χ1v) is 6.53. The van der Waals surface area contributed by atoms with Crippen LogP contribution in [0.1, 0.15) is 17.5 Å². The third kappa shape index (κ3) is 2.87. The van der Waals surface area contributed by atoms with Crippen LogP contribution in [0, 0.1) is 12.8 Å². The van der Waals surface area contributed by atoms with E-state index in [0.29, 0.717) is 19.5 Å². The van der Waals surface area contributed by atoms with Crippen molar-refractivity contribution in [3.8, 4) is 0 Å². The van der Waals surface area contributed by atoms with Crippen LogP contribution in [0.5, 0.6) is 0 Å². The van der Waals surface area contributed by atoms with Crippen molar-refractivity contribution in [2.45, 2.75) is 19.9 Å². The van der Waals surface area contributed by atoms with Crippen LogP contribution in [0.4, 0.5) is 0 Å². The number of aliphatic hydroxyl groups excluding tert-OH is 1. The molecule has 1 heterocycles. The van der Waals surface area contributed by atoms with Crippen molar-refractivity contribution in [2.24, 2.45) is 5.92 Å². The fraction of sp³-hybridized carbons (Fsp3) is 0.462. The van der Waals surface area contributed by atoms with Gasteiger partial charge in [0.05, 0.1) is 0 Å². The van der Waals surface area contributed by atoms with E-state index in [1.165, 1.54) is 11.1 Å². The molecule has 1 N–H and O–H groups in total. The Morgan fingerprint density at radius 3 is 2.88 bits per heavy atom. The minimum Gasteiger partial charge on any atom is -0.396 e. The van der Waals surface area contributed by atoms with E-state index in [0.717, 1.165) is 4.47 Å². The topological polar surface area (TPSA) is 40.5 Å². The largest absolute Gasteiger partial charge is 0.396 e. The van der Waals surface area contributed by atoms with Crippen LogP contribution in [0.3, 0.4) is 0 Å². The van der Waals surface area contributed by atoms with Gasteiger partial charge >= 0.3 is 0 Å². The van der Waals surface area contributed by atoms with Gasteiger partial charge in [-0.1, -0.05) is 22.0 Å². The fourth-order valence-corrected chi connectivity index (χ4v) is 2.65. The molecule has 1 aliphatic heterocycles. The van der Waals surface area contributed by atoms with E-state index in [9.17, 15) is 4.79 Å². The summed E-state index contributed by atoms with van der Waals surface area (Å²) >= 11 is 3.43. The summed E-state index contributed by atoms with van der Waals surface area (Å²) in [7, 11) is 0. The maximum atomic E-state index is 11.7. The molecule has 0 aromatic heterocycles. The molecule has 1 aliphatic rings. The predicted molar refractivity (Wildman–Crippen MR) is 69.5 cm³/mol. The van der Waals surface area contributed by atoms with Gasteiger partial charge in [-0.15, -0.1) is 0 Å². The Morgan fingerprint density at radius 2 is 2.29 bits per heavy atom. The van der Waals surface area contributed by atoms with Crippen molar-refractivity contribution < 1.29 is 9.90 Å². The summed E-state index contributed by atoms with van der Waals surface area (Å²) in [5.74, 6) is 0.254. The number of aryl methyl sites for hydroxylation is 1. The lowest BCUT2D eigenvalue weighted by Crippen LogP contribution is -2.25. The van der Waals surface area contributed by atoms with E-state index in [2.05, 4.69) is 22.0 Å². The summed E-state index contributed by atoms with van der Waals surface area (Å²) in [4.78, 5) is 13.6. The quantitative estimate of drug-likeness (QED) is 0.928. The number of carbonyl (C=O) groups is 1. The van der Waals surface area contributed by atoms with E-state index in [1.54, 1.807) is 0 Å². The normalized spacial score (nSPS) is 20.1. The molecule has 2 rings (SSSR count). The lowest BCUT2D eigenvalue weighted by molar-refractivity contribution is -0.128. The minimum absolute atomic E-state index is 0.0988. The number of halogens is 1. The monoisotopic (exact) mass is 297 g/mol. The van der Waals surface area contributed by atoms with Gasteiger partial charge in [0.15, 0.2) is 0 Å². The molecule has 0 spiro atoms. The Hall–Kier alpha value is -0.870. The van der Waals surface area contributed by atoms with Crippen molar-refractivity contribution in [1.82, 2.24) is 4.90 Å². The molecule has 92 valence electrons. The molecular weight excluding hydrogens is 282 g/mol. The van der Waals surface area contributed by atoms with E-state index in [1.807, 2.05) is 24.0 Å². The molecule has 1 atom stereocenters. The van der Waals surface area contributed by atoms with E-state index >= 15 is 0 Å². The maximum Gasteiger partial charge on any atom is 0.223 e. The molecule has 4 heteroatoms. The van der Waals surface area contributed by atoms with Gasteiger partial charge in [-0.25, -0.2) is 0 Å². The number of nitrogens with zero attached hydrogens (tertiary/aromatic N) is 1. The second kappa shape index (κ2) is 5.19. The molecule has 1 unspecified atom stereocenters. The van der Waals surface area contributed by atoms with Gasteiger partial charge in [0.1, 0.15) is 0 Å². The molecule has 0 saturated carbocycles. The summed E-state index contributed by atoms with van der Waals surface area (Å²) in [5, 5.41) is 9.07. The van der Waals surface area contributed by atoms with Crippen LogP contribution in [-0.2, 0) is 11.3 Å². The average molecular weight is 298 g/mol. The number of hydrogen-bond acceptors (Lipinski definition) is 2. The second-order valence-corrected chi connectivity index (χ2v) is 5.51. The second-order valence-electron chi connectivity index (χ2n) is 4.60. The Kier molecular flexibility index (Phi) is 3.84. The maximum absolute atomic E-state index is 11.7. The number of hydrogen-bond donors (Lipinski definition) is 1. The Labute approximate surface area is 110 Å². The highest BCUT2D eigenvalue weighted by Crippen LogP contribution is 2.22. The molecule has 0 bridgehead atoms. The fourth-order valence-electron chi connectivity index (χ4n) is 2.17. The van der Waals surface area contributed by atoms with E-state index < -0.39 is 0 Å². The van der Waals surface area contributed by atoms with Gasteiger partial charge in [-0.3, -0.25) is 4.79 Å².